The summed E-state index contributed by atoms with van der Waals surface area (Å²) in [6.45, 7) is 1.26. The molecule has 0 radical (unpaired) electrons. The second-order valence-corrected chi connectivity index (χ2v) is 5.83. The van der Waals surface area contributed by atoms with Crippen LogP contribution in [0.3, 0.4) is 0 Å². The van der Waals surface area contributed by atoms with Crippen LogP contribution in [-0.4, -0.2) is 35.7 Å². The van der Waals surface area contributed by atoms with Crippen molar-refractivity contribution in [2.75, 3.05) is 19.7 Å². The molecule has 7 heteroatoms. The standard InChI is InChI=1S/C10H15Cl2N3OS/c11-8-6-7(9(12)17-8)2-4-15(10(13)14)3-1-5-16/h6,16H,1-5H2,(H3,13,14). The largest absolute Gasteiger partial charge is 0.396 e. The first-order valence-electron chi connectivity index (χ1n) is 5.18. The molecule has 17 heavy (non-hydrogen) atoms. The van der Waals surface area contributed by atoms with Gasteiger partial charge in [0.25, 0.3) is 0 Å². The lowest BCUT2D eigenvalue weighted by atomic mass is 10.2. The first kappa shape index (κ1) is 14.6. The molecule has 4 nitrogen and oxygen atoms in total. The topological polar surface area (TPSA) is 73.3 Å². The molecule has 4 N–H and O–H groups in total. The van der Waals surface area contributed by atoms with Crippen LogP contribution in [0.4, 0.5) is 0 Å². The van der Waals surface area contributed by atoms with Gasteiger partial charge in [0, 0.05) is 19.7 Å². The number of hydrogen-bond donors (Lipinski definition) is 3. The average Bonchev–Trinajstić information content (AvgIpc) is 2.57. The quantitative estimate of drug-likeness (QED) is 0.556. The van der Waals surface area contributed by atoms with Crippen molar-refractivity contribution in [3.05, 3.63) is 20.3 Å². The lowest BCUT2D eigenvalue weighted by molar-refractivity contribution is 0.266. The van der Waals surface area contributed by atoms with Gasteiger partial charge in [-0.2, -0.15) is 0 Å². The van der Waals surface area contributed by atoms with Crippen molar-refractivity contribution in [3.63, 3.8) is 0 Å². The van der Waals surface area contributed by atoms with Crippen LogP contribution < -0.4 is 5.73 Å². The normalized spacial score (nSPS) is 10.5. The molecule has 1 aromatic rings. The van der Waals surface area contributed by atoms with Crippen molar-refractivity contribution >= 4 is 40.5 Å². The smallest absolute Gasteiger partial charge is 0.188 e. The van der Waals surface area contributed by atoms with Crippen molar-refractivity contribution in [2.45, 2.75) is 12.8 Å². The molecule has 0 aliphatic heterocycles. The number of aliphatic hydroxyl groups is 1. The summed E-state index contributed by atoms with van der Waals surface area (Å²) in [6, 6.07) is 1.83. The minimum absolute atomic E-state index is 0.0101. The van der Waals surface area contributed by atoms with E-state index in [1.54, 1.807) is 4.90 Å². The number of thiophene rings is 1. The van der Waals surface area contributed by atoms with E-state index in [2.05, 4.69) is 0 Å². The summed E-state index contributed by atoms with van der Waals surface area (Å²) in [5.74, 6) is 0.0101. The van der Waals surface area contributed by atoms with Gasteiger partial charge in [-0.15, -0.1) is 11.3 Å². The van der Waals surface area contributed by atoms with E-state index in [0.717, 1.165) is 5.56 Å². The molecule has 0 saturated heterocycles. The molecule has 0 aliphatic carbocycles. The Kier molecular flexibility index (Phi) is 6.05. The number of nitrogens with one attached hydrogen (secondary N) is 1. The van der Waals surface area contributed by atoms with Gasteiger partial charge in [0.15, 0.2) is 5.96 Å². The predicted molar refractivity (Wildman–Crippen MR) is 73.2 cm³/mol. The second kappa shape index (κ2) is 7.06. The number of hydrogen-bond acceptors (Lipinski definition) is 3. The summed E-state index contributed by atoms with van der Waals surface area (Å²) in [7, 11) is 0. The van der Waals surface area contributed by atoms with E-state index in [-0.39, 0.29) is 12.6 Å². The van der Waals surface area contributed by atoms with Gasteiger partial charge in [-0.3, -0.25) is 5.41 Å². The van der Waals surface area contributed by atoms with Crippen molar-refractivity contribution in [3.8, 4) is 0 Å². The first-order chi connectivity index (χ1) is 8.04. The van der Waals surface area contributed by atoms with Gasteiger partial charge >= 0.3 is 0 Å². The van der Waals surface area contributed by atoms with Crippen LogP contribution in [-0.2, 0) is 6.42 Å². The molecule has 0 amide bonds. The molecular formula is C10H15Cl2N3OS. The molecule has 0 spiro atoms. The monoisotopic (exact) mass is 295 g/mol. The molecule has 0 saturated carbocycles. The lowest BCUT2D eigenvalue weighted by Gasteiger charge is -2.21. The Hall–Kier alpha value is -0.490. The SMILES string of the molecule is N=C(N)N(CCCO)CCc1cc(Cl)sc1Cl. The Morgan fingerprint density at radius 2 is 2.18 bits per heavy atom. The summed E-state index contributed by atoms with van der Waals surface area (Å²) in [6.07, 6.45) is 1.28. The average molecular weight is 296 g/mol. The van der Waals surface area contributed by atoms with E-state index < -0.39 is 0 Å². The van der Waals surface area contributed by atoms with Gasteiger partial charge in [-0.05, 0) is 24.5 Å². The summed E-state index contributed by atoms with van der Waals surface area (Å²) < 4.78 is 1.34. The predicted octanol–water partition coefficient (Wildman–Crippen LogP) is 2.18. The molecule has 0 unspecified atom stereocenters. The minimum Gasteiger partial charge on any atom is -0.396 e. The second-order valence-electron chi connectivity index (χ2n) is 3.55. The zero-order valence-corrected chi connectivity index (χ0v) is 11.6. The Labute approximate surface area is 114 Å². The van der Waals surface area contributed by atoms with Crippen LogP contribution in [0, 0.1) is 5.41 Å². The van der Waals surface area contributed by atoms with Crippen molar-refractivity contribution in [1.82, 2.24) is 4.90 Å². The Morgan fingerprint density at radius 3 is 2.65 bits per heavy atom. The summed E-state index contributed by atoms with van der Waals surface area (Å²) >= 11 is 13.2. The molecule has 1 heterocycles. The van der Waals surface area contributed by atoms with Gasteiger partial charge in [-0.25, -0.2) is 0 Å². The third-order valence-electron chi connectivity index (χ3n) is 2.31. The van der Waals surface area contributed by atoms with Crippen LogP contribution in [0.15, 0.2) is 6.07 Å². The van der Waals surface area contributed by atoms with E-state index in [4.69, 9.17) is 39.5 Å². The number of nitrogens with zero attached hydrogens (tertiary/aromatic N) is 1. The fourth-order valence-corrected chi connectivity index (χ4v) is 2.96. The summed E-state index contributed by atoms with van der Waals surface area (Å²) in [5.41, 5.74) is 6.43. The first-order valence-corrected chi connectivity index (χ1v) is 6.75. The molecule has 0 atom stereocenters. The number of nitrogens with two attached hydrogens (primary N) is 1. The molecule has 1 aromatic heterocycles. The molecule has 96 valence electrons. The highest BCUT2D eigenvalue weighted by Gasteiger charge is 2.10. The fourth-order valence-electron chi connectivity index (χ4n) is 1.41. The molecule has 0 bridgehead atoms. The number of guanidine groups is 1. The van der Waals surface area contributed by atoms with Crippen LogP contribution in [0.1, 0.15) is 12.0 Å². The third kappa shape index (κ3) is 4.71. The van der Waals surface area contributed by atoms with Gasteiger partial charge in [0.05, 0.1) is 8.67 Å². The van der Waals surface area contributed by atoms with Crippen LogP contribution in [0.25, 0.3) is 0 Å². The van der Waals surface area contributed by atoms with Crippen molar-refractivity contribution in [2.24, 2.45) is 5.73 Å². The minimum atomic E-state index is 0.0101. The maximum Gasteiger partial charge on any atom is 0.188 e. The Balaban J connectivity index is 2.51. The Morgan fingerprint density at radius 1 is 1.47 bits per heavy atom. The fraction of sp³-hybridized carbons (Fsp3) is 0.500. The van der Waals surface area contributed by atoms with Crippen LogP contribution in [0.5, 0.6) is 0 Å². The summed E-state index contributed by atoms with van der Waals surface area (Å²) in [5, 5.41) is 16.2. The molecule has 0 aliphatic rings. The van der Waals surface area contributed by atoms with Gasteiger partial charge < -0.3 is 15.7 Å². The van der Waals surface area contributed by atoms with E-state index in [1.165, 1.54) is 11.3 Å². The number of aliphatic hydroxyl groups excluding tert-OH is 1. The highest BCUT2D eigenvalue weighted by Crippen LogP contribution is 2.31. The molecule has 0 fully saturated rings. The van der Waals surface area contributed by atoms with Crippen LogP contribution in [0.2, 0.25) is 8.67 Å². The van der Waals surface area contributed by atoms with Gasteiger partial charge in [0.2, 0.25) is 0 Å². The van der Waals surface area contributed by atoms with E-state index in [0.29, 0.717) is 34.6 Å². The van der Waals surface area contributed by atoms with Gasteiger partial charge in [0.1, 0.15) is 0 Å². The zero-order chi connectivity index (χ0) is 12.8. The highest BCUT2D eigenvalue weighted by molar-refractivity contribution is 7.20. The van der Waals surface area contributed by atoms with Crippen molar-refractivity contribution in [1.29, 1.82) is 5.41 Å². The summed E-state index contributed by atoms with van der Waals surface area (Å²) in [4.78, 5) is 1.71. The van der Waals surface area contributed by atoms with E-state index in [1.807, 2.05) is 6.07 Å². The van der Waals surface area contributed by atoms with E-state index >= 15 is 0 Å². The van der Waals surface area contributed by atoms with Crippen LogP contribution >= 0.6 is 34.5 Å². The van der Waals surface area contributed by atoms with Gasteiger partial charge in [-0.1, -0.05) is 23.2 Å². The molecule has 0 aromatic carbocycles. The maximum atomic E-state index is 8.75. The van der Waals surface area contributed by atoms with Crippen molar-refractivity contribution < 1.29 is 5.11 Å². The molecule has 1 rings (SSSR count). The number of rotatable bonds is 6. The zero-order valence-electron chi connectivity index (χ0n) is 9.25. The lowest BCUT2D eigenvalue weighted by Crippen LogP contribution is -2.38. The maximum absolute atomic E-state index is 8.75. The Bertz CT molecular complexity index is 384. The van der Waals surface area contributed by atoms with E-state index in [9.17, 15) is 0 Å². The molecular weight excluding hydrogens is 281 g/mol. The third-order valence-corrected chi connectivity index (χ3v) is 3.87. The number of halogens is 2. The highest BCUT2D eigenvalue weighted by atomic mass is 35.5.